The van der Waals surface area contributed by atoms with Crippen LogP contribution >= 0.6 is 0 Å². The molecule has 0 saturated carbocycles. The highest BCUT2D eigenvalue weighted by atomic mass is 16.5. The minimum absolute atomic E-state index is 0.0525. The maximum absolute atomic E-state index is 12.2. The Kier molecular flexibility index (Phi) is 7.87. The molecule has 2 rings (SSSR count). The smallest absolute Gasteiger partial charge is 0.277 e. The first kappa shape index (κ1) is 19.7. The van der Waals surface area contributed by atoms with Crippen molar-refractivity contribution in [1.29, 1.82) is 0 Å². The van der Waals surface area contributed by atoms with E-state index in [1.807, 2.05) is 54.6 Å². The van der Waals surface area contributed by atoms with Crippen LogP contribution in [0.4, 0.5) is 0 Å². The van der Waals surface area contributed by atoms with Crippen LogP contribution in [0.15, 0.2) is 59.7 Å². The number of ether oxygens (including phenoxy) is 1. The van der Waals surface area contributed by atoms with Gasteiger partial charge in [-0.25, -0.2) is 5.43 Å². The molecule has 0 aromatic heterocycles. The van der Waals surface area contributed by atoms with Crippen molar-refractivity contribution in [2.75, 3.05) is 6.61 Å². The zero-order valence-corrected chi connectivity index (χ0v) is 15.9. The molecule has 0 atom stereocenters. The molecule has 2 aromatic carbocycles. The van der Waals surface area contributed by atoms with Crippen LogP contribution in [-0.4, -0.2) is 18.2 Å². The van der Waals surface area contributed by atoms with E-state index in [9.17, 15) is 4.79 Å². The first-order valence-electron chi connectivity index (χ1n) is 9.24. The van der Waals surface area contributed by atoms with Crippen molar-refractivity contribution in [3.63, 3.8) is 0 Å². The van der Waals surface area contributed by atoms with Crippen molar-refractivity contribution in [3.8, 4) is 5.75 Å². The molecule has 0 bridgehead atoms. The highest BCUT2D eigenvalue weighted by molar-refractivity contribution is 6.01. The van der Waals surface area contributed by atoms with E-state index in [0.29, 0.717) is 5.92 Å². The predicted molar refractivity (Wildman–Crippen MR) is 107 cm³/mol. The lowest BCUT2D eigenvalue weighted by molar-refractivity contribution is -0.123. The maximum Gasteiger partial charge on any atom is 0.277 e. The van der Waals surface area contributed by atoms with Gasteiger partial charge in [-0.3, -0.25) is 4.79 Å². The van der Waals surface area contributed by atoms with E-state index in [0.717, 1.165) is 41.9 Å². The van der Waals surface area contributed by atoms with Crippen LogP contribution < -0.4 is 10.2 Å². The summed E-state index contributed by atoms with van der Waals surface area (Å²) < 4.78 is 5.70. The molecule has 0 aliphatic carbocycles. The number of unbranched alkanes of at least 4 members (excludes halogenated alkanes) is 1. The zero-order chi connectivity index (χ0) is 18.8. The topological polar surface area (TPSA) is 50.7 Å². The summed E-state index contributed by atoms with van der Waals surface area (Å²) in [6.07, 6.45) is 2.94. The number of hydrogen-bond acceptors (Lipinski definition) is 3. The minimum atomic E-state index is -0.256. The Morgan fingerprint density at radius 3 is 2.46 bits per heavy atom. The summed E-state index contributed by atoms with van der Waals surface area (Å²) in [5.41, 5.74) is 5.65. The molecule has 0 radical (unpaired) electrons. The van der Waals surface area contributed by atoms with Crippen molar-refractivity contribution < 1.29 is 9.53 Å². The summed E-state index contributed by atoms with van der Waals surface area (Å²) in [6.45, 7) is 6.29. The average Bonchev–Trinajstić information content (AvgIpc) is 2.67. The largest absolute Gasteiger partial charge is 0.483 e. The Morgan fingerprint density at radius 2 is 1.77 bits per heavy atom. The second-order valence-electron chi connectivity index (χ2n) is 6.54. The monoisotopic (exact) mass is 352 g/mol. The van der Waals surface area contributed by atoms with Gasteiger partial charge in [0.1, 0.15) is 5.75 Å². The minimum Gasteiger partial charge on any atom is -0.483 e. The molecule has 1 amide bonds. The molecule has 26 heavy (non-hydrogen) atoms. The number of carbonyl (C=O) groups is 1. The molecule has 0 saturated heterocycles. The number of amides is 1. The van der Waals surface area contributed by atoms with Gasteiger partial charge in [0, 0.05) is 0 Å². The summed E-state index contributed by atoms with van der Waals surface area (Å²) in [7, 11) is 0. The van der Waals surface area contributed by atoms with E-state index in [1.165, 1.54) is 0 Å². The standard InChI is InChI=1S/C22H28N2O2/c1-4-5-14-20(18-11-7-6-8-12-18)23-24-22(25)16-26-21-15-10-9-13-19(21)17(2)3/h6-13,15,17H,4-5,14,16H2,1-3H3,(H,24,25)/b23-20-. The van der Waals surface area contributed by atoms with Crippen LogP contribution in [0, 0.1) is 0 Å². The fourth-order valence-corrected chi connectivity index (χ4v) is 2.63. The van der Waals surface area contributed by atoms with Crippen LogP contribution in [0.5, 0.6) is 5.75 Å². The lowest BCUT2D eigenvalue weighted by atomic mass is 10.0. The van der Waals surface area contributed by atoms with Gasteiger partial charge in [-0.15, -0.1) is 0 Å². The van der Waals surface area contributed by atoms with Gasteiger partial charge < -0.3 is 4.74 Å². The third-order valence-electron chi connectivity index (χ3n) is 4.09. The molecule has 138 valence electrons. The van der Waals surface area contributed by atoms with Crippen LogP contribution in [0.1, 0.15) is 57.1 Å². The second-order valence-corrected chi connectivity index (χ2v) is 6.54. The van der Waals surface area contributed by atoms with Crippen LogP contribution in [-0.2, 0) is 4.79 Å². The van der Waals surface area contributed by atoms with E-state index in [4.69, 9.17) is 4.74 Å². The van der Waals surface area contributed by atoms with Crippen LogP contribution in [0.25, 0.3) is 0 Å². The summed E-state index contributed by atoms with van der Waals surface area (Å²) in [6, 6.07) is 17.7. The van der Waals surface area contributed by atoms with Gasteiger partial charge >= 0.3 is 0 Å². The van der Waals surface area contributed by atoms with Gasteiger partial charge in [-0.2, -0.15) is 5.10 Å². The fraction of sp³-hybridized carbons (Fsp3) is 0.364. The lowest BCUT2D eigenvalue weighted by Crippen LogP contribution is -2.26. The highest BCUT2D eigenvalue weighted by Crippen LogP contribution is 2.25. The van der Waals surface area contributed by atoms with Crippen LogP contribution in [0.3, 0.4) is 0 Å². The predicted octanol–water partition coefficient (Wildman–Crippen LogP) is 4.90. The van der Waals surface area contributed by atoms with Gasteiger partial charge in [0.05, 0.1) is 5.71 Å². The number of hydrogen-bond donors (Lipinski definition) is 1. The Morgan fingerprint density at radius 1 is 1.08 bits per heavy atom. The van der Waals surface area contributed by atoms with Crippen molar-refractivity contribution >= 4 is 11.6 Å². The van der Waals surface area contributed by atoms with Gasteiger partial charge in [-0.05, 0) is 36.0 Å². The Bertz CT molecular complexity index is 724. The zero-order valence-electron chi connectivity index (χ0n) is 15.9. The van der Waals surface area contributed by atoms with Crippen molar-refractivity contribution in [2.45, 2.75) is 46.0 Å². The van der Waals surface area contributed by atoms with Gasteiger partial charge in [-0.1, -0.05) is 75.7 Å². The molecule has 0 spiro atoms. The van der Waals surface area contributed by atoms with Crippen molar-refractivity contribution in [2.24, 2.45) is 5.10 Å². The average molecular weight is 352 g/mol. The van der Waals surface area contributed by atoms with E-state index >= 15 is 0 Å². The third-order valence-corrected chi connectivity index (χ3v) is 4.09. The molecule has 0 heterocycles. The summed E-state index contributed by atoms with van der Waals surface area (Å²) in [4.78, 5) is 12.2. The fourth-order valence-electron chi connectivity index (χ4n) is 2.63. The Hall–Kier alpha value is -2.62. The van der Waals surface area contributed by atoms with Gasteiger partial charge in [0.25, 0.3) is 5.91 Å². The molecule has 0 aliphatic heterocycles. The lowest BCUT2D eigenvalue weighted by Gasteiger charge is -2.13. The molecule has 1 N–H and O–H groups in total. The maximum atomic E-state index is 12.2. The highest BCUT2D eigenvalue weighted by Gasteiger charge is 2.09. The second kappa shape index (κ2) is 10.4. The Balaban J connectivity index is 1.98. The third kappa shape index (κ3) is 6.03. The molecule has 0 aliphatic rings. The SMILES string of the molecule is CCCC/C(=N/NC(=O)COc1ccccc1C(C)C)c1ccccc1. The summed E-state index contributed by atoms with van der Waals surface area (Å²) >= 11 is 0. The molecular weight excluding hydrogens is 324 g/mol. The first-order valence-corrected chi connectivity index (χ1v) is 9.24. The Labute approximate surface area is 156 Å². The molecular formula is C22H28N2O2. The molecule has 0 unspecified atom stereocenters. The first-order chi connectivity index (χ1) is 12.6. The normalized spacial score (nSPS) is 11.5. The van der Waals surface area contributed by atoms with E-state index in [1.54, 1.807) is 0 Å². The van der Waals surface area contributed by atoms with Gasteiger partial charge in [0.2, 0.25) is 0 Å². The summed E-state index contributed by atoms with van der Waals surface area (Å²) in [5, 5.41) is 4.34. The quantitative estimate of drug-likeness (QED) is 0.515. The van der Waals surface area contributed by atoms with Gasteiger partial charge in [0.15, 0.2) is 6.61 Å². The molecule has 4 nitrogen and oxygen atoms in total. The number of nitrogens with zero attached hydrogens (tertiary/aromatic N) is 1. The number of para-hydroxylation sites is 1. The van der Waals surface area contributed by atoms with Crippen molar-refractivity contribution in [1.82, 2.24) is 5.43 Å². The summed E-state index contributed by atoms with van der Waals surface area (Å²) in [5.74, 6) is 0.829. The van der Waals surface area contributed by atoms with Crippen LogP contribution in [0.2, 0.25) is 0 Å². The van der Waals surface area contributed by atoms with E-state index < -0.39 is 0 Å². The van der Waals surface area contributed by atoms with E-state index in [-0.39, 0.29) is 12.5 Å². The molecule has 0 fully saturated rings. The van der Waals surface area contributed by atoms with Crippen molar-refractivity contribution in [3.05, 3.63) is 65.7 Å². The number of rotatable bonds is 9. The number of nitrogens with one attached hydrogen (secondary N) is 1. The molecule has 4 heteroatoms. The number of carbonyl (C=O) groups excluding carboxylic acids is 1. The number of hydrazone groups is 1. The molecule has 2 aromatic rings. The van der Waals surface area contributed by atoms with E-state index in [2.05, 4.69) is 31.3 Å². The number of benzene rings is 2.